The molecule has 114 valence electrons. The number of nitrogens with one attached hydrogen (secondary N) is 2. The highest BCUT2D eigenvalue weighted by Gasteiger charge is 2.22. The van der Waals surface area contributed by atoms with Gasteiger partial charge in [0.25, 0.3) is 0 Å². The molecule has 7 nitrogen and oxygen atoms in total. The van der Waals surface area contributed by atoms with Crippen molar-refractivity contribution in [2.45, 2.75) is 32.7 Å². The third-order valence-electron chi connectivity index (χ3n) is 2.53. The zero-order chi connectivity index (χ0) is 15.7. The second kappa shape index (κ2) is 9.08. The van der Waals surface area contributed by atoms with Crippen molar-refractivity contribution in [2.75, 3.05) is 13.1 Å². The van der Waals surface area contributed by atoms with Crippen LogP contribution in [-0.2, 0) is 14.4 Å². The molecular weight excluding hydrogens is 260 g/mol. The van der Waals surface area contributed by atoms with Crippen LogP contribution in [0, 0.1) is 5.92 Å². The van der Waals surface area contributed by atoms with Gasteiger partial charge in [-0.2, -0.15) is 0 Å². The molecule has 0 aromatic rings. The van der Waals surface area contributed by atoms with Crippen LogP contribution in [0.15, 0.2) is 12.2 Å². The number of hydrogen-bond acceptors (Lipinski definition) is 4. The Kier molecular flexibility index (Phi) is 8.23. The number of nitrogens with two attached hydrogens (primary N) is 2. The summed E-state index contributed by atoms with van der Waals surface area (Å²) < 4.78 is 0. The molecule has 0 spiro atoms. The van der Waals surface area contributed by atoms with Crippen molar-refractivity contribution < 1.29 is 14.4 Å². The fourth-order valence-corrected chi connectivity index (χ4v) is 1.55. The molecule has 3 amide bonds. The largest absolute Gasteiger partial charge is 0.368 e. The summed E-state index contributed by atoms with van der Waals surface area (Å²) in [7, 11) is 0. The third kappa shape index (κ3) is 7.52. The average molecular weight is 284 g/mol. The topological polar surface area (TPSA) is 127 Å². The van der Waals surface area contributed by atoms with E-state index in [-0.39, 0.29) is 12.5 Å². The number of carbonyl (C=O) groups is 3. The highest BCUT2D eigenvalue weighted by atomic mass is 16.2. The summed E-state index contributed by atoms with van der Waals surface area (Å²) in [5.74, 6) is -1.29. The Morgan fingerprint density at radius 1 is 1.25 bits per heavy atom. The smallest absolute Gasteiger partial charge is 0.247 e. The van der Waals surface area contributed by atoms with Crippen molar-refractivity contribution in [1.82, 2.24) is 10.6 Å². The molecule has 1 atom stereocenters. The van der Waals surface area contributed by atoms with Gasteiger partial charge < -0.3 is 22.1 Å². The lowest BCUT2D eigenvalue weighted by Crippen LogP contribution is -2.49. The minimum atomic E-state index is -0.726. The molecule has 20 heavy (non-hydrogen) atoms. The monoisotopic (exact) mass is 284 g/mol. The number of carbonyl (C=O) groups excluding carboxylic acids is 3. The van der Waals surface area contributed by atoms with Gasteiger partial charge in [-0.3, -0.25) is 14.4 Å². The van der Waals surface area contributed by atoms with E-state index in [2.05, 4.69) is 17.2 Å². The molecule has 0 radical (unpaired) electrons. The van der Waals surface area contributed by atoms with Gasteiger partial charge >= 0.3 is 0 Å². The standard InChI is InChI=1S/C13H24N4O3/c1-8(2)6-10(13(20)16-7-11(15)18)17-12(19)9(3)4-5-14/h8,10H,3-7,14H2,1-2H3,(H2,15,18)(H,16,20)(H,17,19)/t10-/m1/s1. The molecule has 0 rings (SSSR count). The first-order valence-corrected chi connectivity index (χ1v) is 6.52. The Morgan fingerprint density at radius 2 is 1.85 bits per heavy atom. The van der Waals surface area contributed by atoms with Crippen molar-refractivity contribution in [1.29, 1.82) is 0 Å². The number of amides is 3. The van der Waals surface area contributed by atoms with Gasteiger partial charge in [0.1, 0.15) is 6.04 Å². The van der Waals surface area contributed by atoms with E-state index >= 15 is 0 Å². The molecule has 0 aliphatic carbocycles. The predicted octanol–water partition coefficient (Wildman–Crippen LogP) is -0.976. The van der Waals surface area contributed by atoms with Gasteiger partial charge in [-0.05, 0) is 25.3 Å². The van der Waals surface area contributed by atoms with Crippen molar-refractivity contribution in [3.8, 4) is 0 Å². The van der Waals surface area contributed by atoms with Gasteiger partial charge in [-0.25, -0.2) is 0 Å². The van der Waals surface area contributed by atoms with E-state index < -0.39 is 23.8 Å². The summed E-state index contributed by atoms with van der Waals surface area (Å²) in [6.45, 7) is 7.52. The number of hydrogen-bond donors (Lipinski definition) is 4. The van der Waals surface area contributed by atoms with Gasteiger partial charge in [-0.1, -0.05) is 20.4 Å². The van der Waals surface area contributed by atoms with E-state index in [1.165, 1.54) is 0 Å². The minimum Gasteiger partial charge on any atom is -0.368 e. The van der Waals surface area contributed by atoms with E-state index in [0.717, 1.165) is 0 Å². The predicted molar refractivity (Wildman–Crippen MR) is 76.4 cm³/mol. The summed E-state index contributed by atoms with van der Waals surface area (Å²) in [4.78, 5) is 34.4. The van der Waals surface area contributed by atoms with Gasteiger partial charge in [0.15, 0.2) is 0 Å². The zero-order valence-electron chi connectivity index (χ0n) is 12.1. The SMILES string of the molecule is C=C(CCN)C(=O)N[C@H](CC(C)C)C(=O)NCC(N)=O. The van der Waals surface area contributed by atoms with E-state index in [0.29, 0.717) is 25.0 Å². The van der Waals surface area contributed by atoms with Gasteiger partial charge in [0.05, 0.1) is 6.54 Å². The average Bonchev–Trinajstić information content (AvgIpc) is 2.34. The summed E-state index contributed by atoms with van der Waals surface area (Å²) in [5, 5.41) is 4.98. The molecule has 0 saturated heterocycles. The van der Waals surface area contributed by atoms with E-state index in [4.69, 9.17) is 11.5 Å². The third-order valence-corrected chi connectivity index (χ3v) is 2.53. The van der Waals surface area contributed by atoms with Crippen LogP contribution in [0.5, 0.6) is 0 Å². The van der Waals surface area contributed by atoms with Gasteiger partial charge in [0.2, 0.25) is 17.7 Å². The highest BCUT2D eigenvalue weighted by molar-refractivity contribution is 5.97. The molecule has 0 unspecified atom stereocenters. The maximum absolute atomic E-state index is 11.9. The Bertz CT molecular complexity index is 380. The second-order valence-corrected chi connectivity index (χ2v) is 4.98. The molecular formula is C13H24N4O3. The van der Waals surface area contributed by atoms with Crippen LogP contribution in [-0.4, -0.2) is 36.9 Å². The molecule has 0 aliphatic rings. The van der Waals surface area contributed by atoms with Gasteiger partial charge in [-0.15, -0.1) is 0 Å². The second-order valence-electron chi connectivity index (χ2n) is 4.98. The molecule has 0 heterocycles. The maximum Gasteiger partial charge on any atom is 0.247 e. The normalized spacial score (nSPS) is 11.8. The lowest BCUT2D eigenvalue weighted by atomic mass is 10.0. The van der Waals surface area contributed by atoms with E-state index in [9.17, 15) is 14.4 Å². The van der Waals surface area contributed by atoms with Crippen molar-refractivity contribution in [3.05, 3.63) is 12.2 Å². The van der Waals surface area contributed by atoms with Crippen LogP contribution in [0.4, 0.5) is 0 Å². The summed E-state index contributed by atoms with van der Waals surface area (Å²) in [5.41, 5.74) is 10.6. The van der Waals surface area contributed by atoms with Crippen LogP contribution in [0.25, 0.3) is 0 Å². The van der Waals surface area contributed by atoms with Crippen LogP contribution in [0.1, 0.15) is 26.7 Å². The first-order valence-electron chi connectivity index (χ1n) is 6.52. The fraction of sp³-hybridized carbons (Fsp3) is 0.615. The summed E-state index contributed by atoms with van der Waals surface area (Å²) >= 11 is 0. The molecule has 0 aromatic heterocycles. The molecule has 6 N–H and O–H groups in total. The molecule has 0 aromatic carbocycles. The van der Waals surface area contributed by atoms with Gasteiger partial charge in [0, 0.05) is 5.57 Å². The Balaban J connectivity index is 4.62. The van der Waals surface area contributed by atoms with Crippen molar-refractivity contribution in [3.63, 3.8) is 0 Å². The van der Waals surface area contributed by atoms with Crippen LogP contribution in [0.3, 0.4) is 0 Å². The van der Waals surface area contributed by atoms with Crippen molar-refractivity contribution >= 4 is 17.7 Å². The lowest BCUT2D eigenvalue weighted by Gasteiger charge is -2.20. The lowest BCUT2D eigenvalue weighted by molar-refractivity contribution is -0.129. The number of primary amides is 1. The minimum absolute atomic E-state index is 0.197. The first kappa shape index (κ1) is 18.1. The first-order chi connectivity index (χ1) is 9.27. The van der Waals surface area contributed by atoms with Crippen LogP contribution >= 0.6 is 0 Å². The van der Waals surface area contributed by atoms with Crippen LogP contribution < -0.4 is 22.1 Å². The molecule has 0 saturated carbocycles. The Labute approximate surface area is 119 Å². The van der Waals surface area contributed by atoms with Crippen molar-refractivity contribution in [2.24, 2.45) is 17.4 Å². The quantitative estimate of drug-likeness (QED) is 0.406. The molecule has 0 aliphatic heterocycles. The fourth-order valence-electron chi connectivity index (χ4n) is 1.55. The van der Waals surface area contributed by atoms with E-state index in [1.807, 2.05) is 13.8 Å². The summed E-state index contributed by atoms with van der Waals surface area (Å²) in [6.07, 6.45) is 0.815. The highest BCUT2D eigenvalue weighted by Crippen LogP contribution is 2.06. The molecule has 0 fully saturated rings. The Hall–Kier alpha value is -1.89. The van der Waals surface area contributed by atoms with E-state index in [1.54, 1.807) is 0 Å². The Morgan fingerprint density at radius 3 is 2.30 bits per heavy atom. The zero-order valence-corrected chi connectivity index (χ0v) is 12.1. The van der Waals surface area contributed by atoms with Crippen LogP contribution in [0.2, 0.25) is 0 Å². The molecule has 0 bridgehead atoms. The summed E-state index contributed by atoms with van der Waals surface area (Å²) in [6, 6.07) is -0.726. The number of rotatable bonds is 9. The maximum atomic E-state index is 11.9. The molecule has 7 heteroatoms.